The third-order valence-corrected chi connectivity index (χ3v) is 3.33. The van der Waals surface area contributed by atoms with Gasteiger partial charge in [-0.25, -0.2) is 13.8 Å². The van der Waals surface area contributed by atoms with Crippen molar-refractivity contribution in [1.82, 2.24) is 4.98 Å². The minimum Gasteiger partial charge on any atom is -0.469 e. The van der Waals surface area contributed by atoms with E-state index in [1.807, 2.05) is 0 Å². The highest BCUT2D eigenvalue weighted by Gasteiger charge is 2.16. The number of rotatable bonds is 4. The normalized spacial score (nSPS) is 10.2. The number of nitrogens with one attached hydrogen (secondary N) is 1. The summed E-state index contributed by atoms with van der Waals surface area (Å²) in [6.45, 7) is 0. The molecule has 8 heteroatoms. The molecule has 0 aliphatic carbocycles. The second-order valence-corrected chi connectivity index (χ2v) is 4.81. The standard InChI is InChI=1S/C13H10F2N2O3S/c1-20-10(18)5-7-6-21-13(16-7)17-12(19)8-3-2-4-9(14)11(8)15/h2-4,6H,5H2,1H3,(H,16,17,19). The summed E-state index contributed by atoms with van der Waals surface area (Å²) in [4.78, 5) is 26.9. The van der Waals surface area contributed by atoms with E-state index in [4.69, 9.17) is 0 Å². The number of thiazole rings is 1. The fraction of sp³-hybridized carbons (Fsp3) is 0.154. The fourth-order valence-corrected chi connectivity index (χ4v) is 2.21. The number of nitrogens with zero attached hydrogens (tertiary/aromatic N) is 1. The van der Waals surface area contributed by atoms with Gasteiger partial charge in [0.05, 0.1) is 24.8 Å². The van der Waals surface area contributed by atoms with Crippen molar-refractivity contribution in [2.45, 2.75) is 6.42 Å². The van der Waals surface area contributed by atoms with E-state index in [0.29, 0.717) is 5.69 Å². The van der Waals surface area contributed by atoms with Crippen LogP contribution in [0.1, 0.15) is 16.1 Å². The Hall–Kier alpha value is -2.35. The van der Waals surface area contributed by atoms with Gasteiger partial charge in [0.25, 0.3) is 5.91 Å². The van der Waals surface area contributed by atoms with E-state index in [9.17, 15) is 18.4 Å². The second-order valence-electron chi connectivity index (χ2n) is 3.95. The number of aromatic nitrogens is 1. The van der Waals surface area contributed by atoms with Gasteiger partial charge in [-0.05, 0) is 12.1 Å². The lowest BCUT2D eigenvalue weighted by Crippen LogP contribution is -2.14. The zero-order chi connectivity index (χ0) is 15.4. The first-order chi connectivity index (χ1) is 10.0. The number of carbonyl (C=O) groups excluding carboxylic acids is 2. The van der Waals surface area contributed by atoms with Gasteiger partial charge in [0, 0.05) is 5.38 Å². The molecule has 1 heterocycles. The Morgan fingerprint density at radius 1 is 1.38 bits per heavy atom. The molecule has 1 N–H and O–H groups in total. The molecule has 0 aliphatic heterocycles. The van der Waals surface area contributed by atoms with Gasteiger partial charge in [0.15, 0.2) is 16.8 Å². The van der Waals surface area contributed by atoms with Crippen LogP contribution < -0.4 is 5.32 Å². The third-order valence-electron chi connectivity index (χ3n) is 2.52. The number of amides is 1. The molecule has 1 aromatic carbocycles. The molecule has 0 spiro atoms. The van der Waals surface area contributed by atoms with Crippen molar-refractivity contribution < 1.29 is 23.1 Å². The molecular weight excluding hydrogens is 302 g/mol. The van der Waals surface area contributed by atoms with Crippen LogP contribution in [0, 0.1) is 11.6 Å². The number of hydrogen-bond acceptors (Lipinski definition) is 5. The Kier molecular flexibility index (Phi) is 4.59. The van der Waals surface area contributed by atoms with Crippen LogP contribution >= 0.6 is 11.3 Å². The molecule has 21 heavy (non-hydrogen) atoms. The Morgan fingerprint density at radius 2 is 2.14 bits per heavy atom. The number of ether oxygens (including phenoxy) is 1. The van der Waals surface area contributed by atoms with Crippen molar-refractivity contribution in [3.8, 4) is 0 Å². The maximum absolute atomic E-state index is 13.5. The third kappa shape index (κ3) is 3.60. The average Bonchev–Trinajstić information content (AvgIpc) is 2.88. The molecule has 1 aromatic heterocycles. The molecule has 110 valence electrons. The maximum Gasteiger partial charge on any atom is 0.311 e. The topological polar surface area (TPSA) is 68.3 Å². The molecule has 0 unspecified atom stereocenters. The first-order valence-corrected chi connectivity index (χ1v) is 6.66. The molecule has 0 fully saturated rings. The summed E-state index contributed by atoms with van der Waals surface area (Å²) in [5.74, 6) is -3.60. The molecule has 0 saturated heterocycles. The largest absolute Gasteiger partial charge is 0.469 e. The highest BCUT2D eigenvalue weighted by Crippen LogP contribution is 2.18. The summed E-state index contributed by atoms with van der Waals surface area (Å²) in [7, 11) is 1.25. The average molecular weight is 312 g/mol. The van der Waals surface area contributed by atoms with Gasteiger partial charge in [-0.1, -0.05) is 6.07 Å². The lowest BCUT2D eigenvalue weighted by atomic mass is 10.2. The summed E-state index contributed by atoms with van der Waals surface area (Å²) in [6.07, 6.45) is -0.0306. The Labute approximate surface area is 122 Å². The van der Waals surface area contributed by atoms with Gasteiger partial charge in [-0.3, -0.25) is 14.9 Å². The zero-order valence-electron chi connectivity index (χ0n) is 10.9. The van der Waals surface area contributed by atoms with Gasteiger partial charge < -0.3 is 4.74 Å². The van der Waals surface area contributed by atoms with E-state index in [1.165, 1.54) is 13.2 Å². The quantitative estimate of drug-likeness (QED) is 0.880. The molecular formula is C13H10F2N2O3S. The molecule has 1 amide bonds. The van der Waals surface area contributed by atoms with Crippen molar-refractivity contribution in [1.29, 1.82) is 0 Å². The molecule has 0 aliphatic rings. The Balaban J connectivity index is 2.09. The summed E-state index contributed by atoms with van der Waals surface area (Å²) < 4.78 is 31.0. The van der Waals surface area contributed by atoms with Gasteiger partial charge in [0.2, 0.25) is 0 Å². The van der Waals surface area contributed by atoms with Gasteiger partial charge in [-0.15, -0.1) is 11.3 Å². The summed E-state index contributed by atoms with van der Waals surface area (Å²) >= 11 is 1.07. The van der Waals surface area contributed by atoms with Gasteiger partial charge >= 0.3 is 5.97 Å². The SMILES string of the molecule is COC(=O)Cc1csc(NC(=O)c2cccc(F)c2F)n1. The lowest BCUT2D eigenvalue weighted by Gasteiger charge is -2.03. The number of halogens is 2. The first kappa shape index (κ1) is 15.0. The lowest BCUT2D eigenvalue weighted by molar-refractivity contribution is -0.139. The molecule has 0 bridgehead atoms. The first-order valence-electron chi connectivity index (χ1n) is 5.78. The van der Waals surface area contributed by atoms with Crippen LogP contribution in [0.3, 0.4) is 0 Å². The van der Waals surface area contributed by atoms with Crippen LogP contribution in [-0.4, -0.2) is 24.0 Å². The van der Waals surface area contributed by atoms with Gasteiger partial charge in [-0.2, -0.15) is 0 Å². The van der Waals surface area contributed by atoms with Crippen molar-refractivity contribution in [3.63, 3.8) is 0 Å². The van der Waals surface area contributed by atoms with E-state index in [0.717, 1.165) is 23.5 Å². The number of carbonyl (C=O) groups is 2. The number of methoxy groups -OCH3 is 1. The van der Waals surface area contributed by atoms with Crippen molar-refractivity contribution >= 4 is 28.3 Å². The van der Waals surface area contributed by atoms with Gasteiger partial charge in [0.1, 0.15) is 0 Å². The number of esters is 1. The Morgan fingerprint density at radius 3 is 2.86 bits per heavy atom. The smallest absolute Gasteiger partial charge is 0.311 e. The molecule has 0 radical (unpaired) electrons. The molecule has 5 nitrogen and oxygen atoms in total. The predicted octanol–water partition coefficient (Wildman–Crippen LogP) is 2.39. The van der Waals surface area contributed by atoms with E-state index >= 15 is 0 Å². The monoisotopic (exact) mass is 312 g/mol. The van der Waals surface area contributed by atoms with Crippen LogP contribution in [0.5, 0.6) is 0 Å². The summed E-state index contributed by atoms with van der Waals surface area (Å²) in [5, 5.41) is 4.09. The minimum absolute atomic E-state index is 0.0306. The molecule has 2 rings (SSSR count). The zero-order valence-corrected chi connectivity index (χ0v) is 11.7. The van der Waals surface area contributed by atoms with E-state index in [2.05, 4.69) is 15.0 Å². The van der Waals surface area contributed by atoms with E-state index in [-0.39, 0.29) is 11.6 Å². The summed E-state index contributed by atoms with van der Waals surface area (Å²) in [6, 6.07) is 3.32. The van der Waals surface area contributed by atoms with E-state index in [1.54, 1.807) is 5.38 Å². The maximum atomic E-state index is 13.5. The van der Waals surface area contributed by atoms with Crippen molar-refractivity contribution in [2.75, 3.05) is 12.4 Å². The second kappa shape index (κ2) is 6.40. The fourth-order valence-electron chi connectivity index (χ4n) is 1.51. The van der Waals surface area contributed by atoms with Crippen LogP contribution in [0.15, 0.2) is 23.6 Å². The number of hydrogen-bond donors (Lipinski definition) is 1. The summed E-state index contributed by atoms with van der Waals surface area (Å²) in [5.41, 5.74) is 0.00146. The van der Waals surface area contributed by atoms with Crippen LogP contribution in [0.4, 0.5) is 13.9 Å². The highest BCUT2D eigenvalue weighted by molar-refractivity contribution is 7.14. The molecule has 0 saturated carbocycles. The number of benzene rings is 1. The van der Waals surface area contributed by atoms with Crippen molar-refractivity contribution in [3.05, 3.63) is 46.5 Å². The molecule has 2 aromatic rings. The van der Waals surface area contributed by atoms with Crippen LogP contribution in [0.2, 0.25) is 0 Å². The minimum atomic E-state index is -1.22. The van der Waals surface area contributed by atoms with E-state index < -0.39 is 29.1 Å². The predicted molar refractivity (Wildman–Crippen MR) is 72.1 cm³/mol. The highest BCUT2D eigenvalue weighted by atomic mass is 32.1. The Bertz CT molecular complexity index is 688. The molecule has 0 atom stereocenters. The number of anilines is 1. The van der Waals surface area contributed by atoms with Crippen molar-refractivity contribution in [2.24, 2.45) is 0 Å². The van der Waals surface area contributed by atoms with Crippen LogP contribution in [0.25, 0.3) is 0 Å². The van der Waals surface area contributed by atoms with Crippen LogP contribution in [-0.2, 0) is 16.0 Å².